The van der Waals surface area contributed by atoms with E-state index in [1.165, 1.54) is 11.1 Å². The van der Waals surface area contributed by atoms with Crippen molar-refractivity contribution >= 4 is 22.4 Å². The van der Waals surface area contributed by atoms with Crippen molar-refractivity contribution in [1.82, 2.24) is 15.1 Å². The fourth-order valence-corrected chi connectivity index (χ4v) is 3.39. The zero-order valence-electron chi connectivity index (χ0n) is 14.3. The number of nitrogens with one attached hydrogen (secondary N) is 1. The molecule has 0 atom stereocenters. The van der Waals surface area contributed by atoms with E-state index >= 15 is 0 Å². The molecule has 4 nitrogen and oxygen atoms in total. The molecular formula is C21H21N3O. The lowest BCUT2D eigenvalue weighted by Crippen LogP contribution is -2.28. The maximum Gasteiger partial charge on any atom is 0.254 e. The number of fused-ring (bicyclic) bond motifs is 1. The summed E-state index contributed by atoms with van der Waals surface area (Å²) in [5, 5.41) is 8.48. The Labute approximate surface area is 147 Å². The molecule has 4 heteroatoms. The van der Waals surface area contributed by atoms with Gasteiger partial charge in [-0.15, -0.1) is 0 Å². The number of nitrogens with zero attached hydrogens (tertiary/aromatic N) is 2. The summed E-state index contributed by atoms with van der Waals surface area (Å²) in [6.45, 7) is 3.46. The van der Waals surface area contributed by atoms with Crippen LogP contribution >= 0.6 is 0 Å². The third-order valence-electron chi connectivity index (χ3n) is 4.73. The van der Waals surface area contributed by atoms with Crippen molar-refractivity contribution in [3.63, 3.8) is 0 Å². The van der Waals surface area contributed by atoms with Crippen molar-refractivity contribution in [1.29, 1.82) is 0 Å². The fraction of sp³-hybridized carbons (Fsp3) is 0.238. The van der Waals surface area contributed by atoms with Crippen LogP contribution in [0.15, 0.2) is 54.6 Å². The SMILES string of the molecule is CCCc1[nH]nc2ccc(C(=O)N3CC=C(c4ccccc4)C3)cc12. The number of aryl methyl sites for hydroxylation is 1. The van der Waals surface area contributed by atoms with Gasteiger partial charge in [-0.2, -0.15) is 5.10 Å². The lowest BCUT2D eigenvalue weighted by Gasteiger charge is -2.17. The highest BCUT2D eigenvalue weighted by Crippen LogP contribution is 2.24. The molecule has 0 aliphatic carbocycles. The predicted molar refractivity (Wildman–Crippen MR) is 100 cm³/mol. The number of aromatic amines is 1. The van der Waals surface area contributed by atoms with Crippen LogP contribution in [-0.2, 0) is 6.42 Å². The van der Waals surface area contributed by atoms with Crippen LogP contribution < -0.4 is 0 Å². The first-order valence-corrected chi connectivity index (χ1v) is 8.77. The molecule has 0 spiro atoms. The minimum Gasteiger partial charge on any atom is -0.331 e. The number of aromatic nitrogens is 2. The van der Waals surface area contributed by atoms with Crippen LogP contribution in [0.3, 0.4) is 0 Å². The molecule has 4 rings (SSSR count). The monoisotopic (exact) mass is 331 g/mol. The molecule has 1 amide bonds. The third-order valence-corrected chi connectivity index (χ3v) is 4.73. The van der Waals surface area contributed by atoms with E-state index in [1.807, 2.05) is 41.3 Å². The second kappa shape index (κ2) is 6.55. The summed E-state index contributed by atoms with van der Waals surface area (Å²) < 4.78 is 0. The smallest absolute Gasteiger partial charge is 0.254 e. The van der Waals surface area contributed by atoms with Gasteiger partial charge >= 0.3 is 0 Å². The highest BCUT2D eigenvalue weighted by atomic mass is 16.2. The Bertz CT molecular complexity index is 940. The minimum atomic E-state index is 0.0766. The number of hydrogen-bond donors (Lipinski definition) is 1. The summed E-state index contributed by atoms with van der Waals surface area (Å²) in [4.78, 5) is 14.8. The van der Waals surface area contributed by atoms with Gasteiger partial charge in [-0.05, 0) is 35.8 Å². The third kappa shape index (κ3) is 2.95. The van der Waals surface area contributed by atoms with Crippen LogP contribution in [0, 0.1) is 0 Å². The molecule has 3 aromatic rings. The molecule has 1 N–H and O–H groups in total. The minimum absolute atomic E-state index is 0.0766. The first-order valence-electron chi connectivity index (χ1n) is 8.77. The quantitative estimate of drug-likeness (QED) is 0.784. The van der Waals surface area contributed by atoms with E-state index in [2.05, 4.69) is 35.3 Å². The zero-order valence-corrected chi connectivity index (χ0v) is 14.3. The Balaban J connectivity index is 1.56. The number of H-pyrrole nitrogens is 1. The summed E-state index contributed by atoms with van der Waals surface area (Å²) in [6, 6.07) is 16.0. The summed E-state index contributed by atoms with van der Waals surface area (Å²) in [7, 11) is 0. The van der Waals surface area contributed by atoms with Crippen molar-refractivity contribution in [2.75, 3.05) is 13.1 Å². The van der Waals surface area contributed by atoms with Gasteiger partial charge in [0, 0.05) is 29.7 Å². The first-order chi connectivity index (χ1) is 12.3. The maximum atomic E-state index is 12.9. The molecule has 0 saturated heterocycles. The molecule has 126 valence electrons. The van der Waals surface area contributed by atoms with Gasteiger partial charge in [0.2, 0.25) is 0 Å². The van der Waals surface area contributed by atoms with E-state index in [0.29, 0.717) is 13.1 Å². The van der Waals surface area contributed by atoms with E-state index in [4.69, 9.17) is 0 Å². The first kappa shape index (κ1) is 15.6. The van der Waals surface area contributed by atoms with E-state index in [1.54, 1.807) is 0 Å². The maximum absolute atomic E-state index is 12.9. The topological polar surface area (TPSA) is 49.0 Å². The molecule has 0 fully saturated rings. The molecule has 0 bridgehead atoms. The Morgan fingerprint density at radius 3 is 2.84 bits per heavy atom. The Morgan fingerprint density at radius 2 is 2.04 bits per heavy atom. The highest BCUT2D eigenvalue weighted by Gasteiger charge is 2.22. The summed E-state index contributed by atoms with van der Waals surface area (Å²) >= 11 is 0. The number of hydrogen-bond acceptors (Lipinski definition) is 2. The van der Waals surface area contributed by atoms with Crippen molar-refractivity contribution in [2.45, 2.75) is 19.8 Å². The van der Waals surface area contributed by atoms with Gasteiger partial charge in [-0.1, -0.05) is 49.8 Å². The van der Waals surface area contributed by atoms with Gasteiger partial charge in [-0.25, -0.2) is 0 Å². The number of benzene rings is 2. The Hall–Kier alpha value is -2.88. The van der Waals surface area contributed by atoms with Gasteiger partial charge in [0.25, 0.3) is 5.91 Å². The molecular weight excluding hydrogens is 310 g/mol. The summed E-state index contributed by atoms with van der Waals surface area (Å²) in [5.74, 6) is 0.0766. The average molecular weight is 331 g/mol. The van der Waals surface area contributed by atoms with E-state index in [9.17, 15) is 4.79 Å². The van der Waals surface area contributed by atoms with Crippen molar-refractivity contribution in [2.24, 2.45) is 0 Å². The van der Waals surface area contributed by atoms with Gasteiger partial charge in [-0.3, -0.25) is 9.89 Å². The largest absolute Gasteiger partial charge is 0.331 e. The zero-order chi connectivity index (χ0) is 17.2. The molecule has 1 aromatic heterocycles. The Morgan fingerprint density at radius 1 is 1.20 bits per heavy atom. The fourth-order valence-electron chi connectivity index (χ4n) is 3.39. The lowest BCUT2D eigenvalue weighted by molar-refractivity contribution is 0.0801. The molecule has 2 heterocycles. The molecule has 2 aromatic carbocycles. The number of amides is 1. The predicted octanol–water partition coefficient (Wildman–Crippen LogP) is 4.05. The summed E-state index contributed by atoms with van der Waals surface area (Å²) in [5.41, 5.74) is 5.16. The molecule has 1 aliphatic heterocycles. The normalized spacial score (nSPS) is 14.1. The Kier molecular flexibility index (Phi) is 4.10. The van der Waals surface area contributed by atoms with Crippen LogP contribution in [0.5, 0.6) is 0 Å². The van der Waals surface area contributed by atoms with Crippen LogP contribution in [0.2, 0.25) is 0 Å². The lowest BCUT2D eigenvalue weighted by atomic mass is 10.1. The molecule has 25 heavy (non-hydrogen) atoms. The van der Waals surface area contributed by atoms with Crippen LogP contribution in [0.25, 0.3) is 16.5 Å². The number of carbonyl (C=O) groups excluding carboxylic acids is 1. The van der Waals surface area contributed by atoms with Crippen LogP contribution in [0.1, 0.15) is 35.0 Å². The van der Waals surface area contributed by atoms with Crippen molar-refractivity contribution < 1.29 is 4.79 Å². The van der Waals surface area contributed by atoms with E-state index in [-0.39, 0.29) is 5.91 Å². The summed E-state index contributed by atoms with van der Waals surface area (Å²) in [6.07, 6.45) is 4.13. The van der Waals surface area contributed by atoms with Gasteiger partial charge in [0.1, 0.15) is 0 Å². The molecule has 0 radical (unpaired) electrons. The molecule has 0 saturated carbocycles. The molecule has 1 aliphatic rings. The second-order valence-corrected chi connectivity index (χ2v) is 6.47. The van der Waals surface area contributed by atoms with Crippen LogP contribution in [-0.4, -0.2) is 34.1 Å². The van der Waals surface area contributed by atoms with Crippen molar-refractivity contribution in [3.8, 4) is 0 Å². The van der Waals surface area contributed by atoms with Crippen molar-refractivity contribution in [3.05, 3.63) is 71.4 Å². The second-order valence-electron chi connectivity index (χ2n) is 6.47. The number of rotatable bonds is 4. The average Bonchev–Trinajstić information content (AvgIpc) is 3.30. The standard InChI is InChI=1S/C21H21N3O/c1-2-6-19-18-13-16(9-10-20(18)23-22-19)21(25)24-12-11-17(14-24)15-7-4-3-5-8-15/h3-5,7-11,13H,2,6,12,14H2,1H3,(H,22,23). The van der Waals surface area contributed by atoms with E-state index in [0.717, 1.165) is 35.0 Å². The highest BCUT2D eigenvalue weighted by molar-refractivity contribution is 5.99. The van der Waals surface area contributed by atoms with Crippen LogP contribution in [0.4, 0.5) is 0 Å². The molecule has 0 unspecified atom stereocenters. The van der Waals surface area contributed by atoms with Gasteiger partial charge < -0.3 is 4.90 Å². The number of carbonyl (C=O) groups is 1. The van der Waals surface area contributed by atoms with E-state index < -0.39 is 0 Å². The van der Waals surface area contributed by atoms with Gasteiger partial charge in [0.15, 0.2) is 0 Å². The van der Waals surface area contributed by atoms with Gasteiger partial charge in [0.05, 0.1) is 5.52 Å².